The quantitative estimate of drug-likeness (QED) is 0.458. The molecule has 0 aliphatic rings. The Morgan fingerprint density at radius 3 is 2.57 bits per heavy atom. The van der Waals surface area contributed by atoms with E-state index in [1.54, 1.807) is 13.8 Å². The molecule has 1 N–H and O–H groups in total. The van der Waals surface area contributed by atoms with E-state index < -0.39 is 5.97 Å². The lowest BCUT2D eigenvalue weighted by molar-refractivity contribution is 0.0378. The highest BCUT2D eigenvalue weighted by atomic mass is 35.5. The molecule has 0 spiro atoms. The van der Waals surface area contributed by atoms with E-state index in [0.29, 0.717) is 26.9 Å². The molecule has 0 bridgehead atoms. The zero-order valence-corrected chi connectivity index (χ0v) is 18.8. The molecule has 0 atom stereocenters. The van der Waals surface area contributed by atoms with Crippen LogP contribution in [0.5, 0.6) is 0 Å². The van der Waals surface area contributed by atoms with Crippen LogP contribution in [0, 0.1) is 13.8 Å². The Hall–Kier alpha value is -1.89. The van der Waals surface area contributed by atoms with Crippen molar-refractivity contribution in [1.29, 1.82) is 0 Å². The van der Waals surface area contributed by atoms with E-state index in [0.717, 1.165) is 26.1 Å². The zero-order chi connectivity index (χ0) is 20.6. The number of aryl methyl sites for hydroxylation is 2. The number of amides is 1. The summed E-state index contributed by atoms with van der Waals surface area (Å²) in [5.74, 6) is -0.726. The number of rotatable bonds is 5. The number of hydrogen-bond acceptors (Lipinski definition) is 5. The predicted molar refractivity (Wildman–Crippen MR) is 119 cm³/mol. The topological polar surface area (TPSA) is 55.4 Å². The highest BCUT2D eigenvalue weighted by molar-refractivity contribution is 7.22. The van der Waals surface area contributed by atoms with Crippen molar-refractivity contribution in [2.45, 2.75) is 47.1 Å². The Kier molecular flexibility index (Phi) is 6.12. The normalized spacial score (nSPS) is 11.2. The van der Waals surface area contributed by atoms with Crippen LogP contribution in [0.2, 0.25) is 5.02 Å². The van der Waals surface area contributed by atoms with Gasteiger partial charge in [0, 0.05) is 15.0 Å². The Labute approximate surface area is 177 Å². The van der Waals surface area contributed by atoms with Crippen LogP contribution < -0.4 is 5.32 Å². The molecule has 0 saturated carbocycles. The molecule has 0 aliphatic carbocycles. The molecule has 3 aromatic rings. The van der Waals surface area contributed by atoms with Crippen LogP contribution in [0.4, 0.5) is 5.00 Å². The third-order valence-corrected chi connectivity index (χ3v) is 7.05. The molecule has 0 radical (unpaired) electrons. The van der Waals surface area contributed by atoms with E-state index >= 15 is 0 Å². The van der Waals surface area contributed by atoms with Crippen molar-refractivity contribution in [3.05, 3.63) is 49.7 Å². The summed E-state index contributed by atoms with van der Waals surface area (Å²) in [4.78, 5) is 27.0. The third-order valence-electron chi connectivity index (χ3n) is 4.33. The Morgan fingerprint density at radius 1 is 1.21 bits per heavy atom. The monoisotopic (exact) mass is 435 g/mol. The SMILES string of the molecule is CCc1c(C)sc(NC(=O)c2sc3cc(C)ccc3c2Cl)c1C(=O)OC(C)C. The number of carbonyl (C=O) groups is 2. The average Bonchev–Trinajstić information content (AvgIpc) is 3.10. The lowest BCUT2D eigenvalue weighted by Crippen LogP contribution is -2.17. The maximum Gasteiger partial charge on any atom is 0.341 e. The van der Waals surface area contributed by atoms with Crippen molar-refractivity contribution < 1.29 is 14.3 Å². The largest absolute Gasteiger partial charge is 0.459 e. The number of nitrogens with one attached hydrogen (secondary N) is 1. The second-order valence-electron chi connectivity index (χ2n) is 6.85. The van der Waals surface area contributed by atoms with Gasteiger partial charge in [-0.1, -0.05) is 30.7 Å². The lowest BCUT2D eigenvalue weighted by atomic mass is 10.1. The maximum atomic E-state index is 13.0. The van der Waals surface area contributed by atoms with Crippen molar-refractivity contribution in [2.75, 3.05) is 5.32 Å². The van der Waals surface area contributed by atoms with Crippen LogP contribution in [0.1, 0.15) is 56.8 Å². The first-order valence-electron chi connectivity index (χ1n) is 9.06. The smallest absolute Gasteiger partial charge is 0.341 e. The zero-order valence-electron chi connectivity index (χ0n) is 16.4. The van der Waals surface area contributed by atoms with Gasteiger partial charge in [-0.05, 0) is 51.3 Å². The molecule has 2 aromatic heterocycles. The molecule has 2 heterocycles. The van der Waals surface area contributed by atoms with Crippen LogP contribution in [0.15, 0.2) is 18.2 Å². The maximum absolute atomic E-state index is 13.0. The summed E-state index contributed by atoms with van der Waals surface area (Å²) in [6.45, 7) is 9.54. The van der Waals surface area contributed by atoms with E-state index in [9.17, 15) is 9.59 Å². The molecular formula is C21H22ClNO3S2. The molecule has 4 nitrogen and oxygen atoms in total. The number of anilines is 1. The van der Waals surface area contributed by atoms with E-state index in [-0.39, 0.29) is 12.0 Å². The van der Waals surface area contributed by atoms with Gasteiger partial charge in [0.25, 0.3) is 5.91 Å². The number of hydrogen-bond donors (Lipinski definition) is 1. The van der Waals surface area contributed by atoms with Gasteiger partial charge in [-0.2, -0.15) is 0 Å². The van der Waals surface area contributed by atoms with Gasteiger partial charge < -0.3 is 10.1 Å². The summed E-state index contributed by atoms with van der Waals surface area (Å²) in [5, 5.41) is 4.70. The van der Waals surface area contributed by atoms with Gasteiger partial charge >= 0.3 is 5.97 Å². The summed E-state index contributed by atoms with van der Waals surface area (Å²) >= 11 is 9.21. The summed E-state index contributed by atoms with van der Waals surface area (Å²) < 4.78 is 6.36. The van der Waals surface area contributed by atoms with Crippen LogP contribution in [0.3, 0.4) is 0 Å². The minimum atomic E-state index is -0.412. The van der Waals surface area contributed by atoms with E-state index in [2.05, 4.69) is 5.32 Å². The molecule has 0 unspecified atom stereocenters. The molecule has 0 saturated heterocycles. The molecule has 0 fully saturated rings. The molecule has 1 amide bonds. The lowest BCUT2D eigenvalue weighted by Gasteiger charge is -2.11. The number of benzene rings is 1. The van der Waals surface area contributed by atoms with Crippen LogP contribution >= 0.6 is 34.3 Å². The summed E-state index contributed by atoms with van der Waals surface area (Å²) in [6, 6.07) is 5.91. The van der Waals surface area contributed by atoms with Gasteiger partial charge in [0.05, 0.1) is 16.7 Å². The fourth-order valence-corrected chi connectivity index (χ4v) is 5.70. The third kappa shape index (κ3) is 3.95. The van der Waals surface area contributed by atoms with Crippen molar-refractivity contribution in [3.63, 3.8) is 0 Å². The average molecular weight is 436 g/mol. The van der Waals surface area contributed by atoms with Gasteiger partial charge in [0.15, 0.2) is 0 Å². The Morgan fingerprint density at radius 2 is 1.93 bits per heavy atom. The van der Waals surface area contributed by atoms with Crippen molar-refractivity contribution in [2.24, 2.45) is 0 Å². The fourth-order valence-electron chi connectivity index (χ4n) is 3.06. The summed E-state index contributed by atoms with van der Waals surface area (Å²) in [6.07, 6.45) is 0.449. The second-order valence-corrected chi connectivity index (χ2v) is 9.50. The van der Waals surface area contributed by atoms with Gasteiger partial charge in [0.2, 0.25) is 0 Å². The standard InChI is InChI=1S/C21H22ClNO3S2/c1-6-13-12(5)27-20(16(13)21(25)26-10(2)3)23-19(24)18-17(22)14-8-7-11(4)9-15(14)28-18/h7-10H,6H2,1-5H3,(H,23,24). The first-order valence-corrected chi connectivity index (χ1v) is 11.1. The fraction of sp³-hybridized carbons (Fsp3) is 0.333. The molecule has 3 rings (SSSR count). The molecule has 1 aromatic carbocycles. The van der Waals surface area contributed by atoms with E-state index in [4.69, 9.17) is 16.3 Å². The van der Waals surface area contributed by atoms with Gasteiger partial charge in [0.1, 0.15) is 9.88 Å². The van der Waals surface area contributed by atoms with Crippen molar-refractivity contribution >= 4 is 61.2 Å². The number of halogens is 1. The number of esters is 1. The van der Waals surface area contributed by atoms with E-state index in [1.807, 2.05) is 39.0 Å². The molecular weight excluding hydrogens is 414 g/mol. The minimum absolute atomic E-state index is 0.235. The van der Waals surface area contributed by atoms with Crippen LogP contribution in [-0.2, 0) is 11.2 Å². The number of thiophene rings is 2. The van der Waals surface area contributed by atoms with E-state index in [1.165, 1.54) is 22.7 Å². The Balaban J connectivity index is 1.99. The first-order chi connectivity index (χ1) is 13.2. The van der Waals surface area contributed by atoms with Crippen molar-refractivity contribution in [3.8, 4) is 0 Å². The predicted octanol–water partition coefficient (Wildman–Crippen LogP) is 6.61. The van der Waals surface area contributed by atoms with Gasteiger partial charge in [-0.25, -0.2) is 4.79 Å². The highest BCUT2D eigenvalue weighted by Crippen LogP contribution is 2.38. The van der Waals surface area contributed by atoms with Crippen molar-refractivity contribution in [1.82, 2.24) is 0 Å². The van der Waals surface area contributed by atoms with Crippen LogP contribution in [-0.4, -0.2) is 18.0 Å². The molecule has 28 heavy (non-hydrogen) atoms. The number of ether oxygens (including phenoxy) is 1. The second kappa shape index (κ2) is 8.23. The van der Waals surface area contributed by atoms with Crippen LogP contribution in [0.25, 0.3) is 10.1 Å². The van der Waals surface area contributed by atoms with Gasteiger partial charge in [-0.3, -0.25) is 4.79 Å². The number of carbonyl (C=O) groups excluding carboxylic acids is 2. The highest BCUT2D eigenvalue weighted by Gasteiger charge is 2.26. The summed E-state index contributed by atoms with van der Waals surface area (Å²) in [5.41, 5.74) is 2.46. The van der Waals surface area contributed by atoms with Gasteiger partial charge in [-0.15, -0.1) is 22.7 Å². The first kappa shape index (κ1) is 20.8. The minimum Gasteiger partial charge on any atom is -0.459 e. The number of fused-ring (bicyclic) bond motifs is 1. The molecule has 148 valence electrons. The Bertz CT molecular complexity index is 1070. The molecule has 0 aliphatic heterocycles. The molecule has 7 heteroatoms. The summed E-state index contributed by atoms with van der Waals surface area (Å²) in [7, 11) is 0.